The molecular weight excluding hydrogens is 503 g/mol. The highest BCUT2D eigenvalue weighted by atomic mass is 35.5. The number of ketones is 1. The molecule has 182 valence electrons. The lowest BCUT2D eigenvalue weighted by molar-refractivity contribution is -0.124. The largest absolute Gasteiger partial charge is 0.493 e. The van der Waals surface area contributed by atoms with Crippen LogP contribution in [0.3, 0.4) is 0 Å². The molecule has 0 N–H and O–H groups in total. The van der Waals surface area contributed by atoms with E-state index in [0.29, 0.717) is 50.7 Å². The van der Waals surface area contributed by atoms with Crippen LogP contribution in [0.4, 0.5) is 0 Å². The molecule has 8 heteroatoms. The van der Waals surface area contributed by atoms with E-state index in [2.05, 4.69) is 19.9 Å². The maximum Gasteiger partial charge on any atom is 0.161 e. The van der Waals surface area contributed by atoms with Gasteiger partial charge in [-0.3, -0.25) is 4.79 Å². The Morgan fingerprint density at radius 3 is 2.46 bits per heavy atom. The standard InChI is InChI=1S/C27H26Cl2N2O3S/c1-27(2)11-20-25(21(32)12-27)24(16-6-8-22(33-3)23(10-16)34-4)17(13-30)26(31-20)35-14-15-5-7-18(28)19(29)9-15/h5-10,24-25H,11-12,14H2,1-4H3/t24-,25?/m0/s1. The first-order valence-electron chi connectivity index (χ1n) is 11.2. The van der Waals surface area contributed by atoms with Gasteiger partial charge < -0.3 is 9.47 Å². The normalized spacial score (nSPS) is 21.2. The Morgan fingerprint density at radius 1 is 1.06 bits per heavy atom. The van der Waals surface area contributed by atoms with Crippen LogP contribution >= 0.6 is 35.0 Å². The number of nitrogens with zero attached hydrogens (tertiary/aromatic N) is 2. The van der Waals surface area contributed by atoms with Crippen molar-refractivity contribution in [1.82, 2.24) is 0 Å². The average molecular weight is 529 g/mol. The van der Waals surface area contributed by atoms with Crippen molar-refractivity contribution in [2.45, 2.75) is 38.4 Å². The minimum Gasteiger partial charge on any atom is -0.493 e. The fraction of sp³-hybridized carbons (Fsp3) is 0.370. The van der Waals surface area contributed by atoms with Gasteiger partial charge >= 0.3 is 0 Å². The number of hydrogen-bond donors (Lipinski definition) is 0. The van der Waals surface area contributed by atoms with Crippen LogP contribution < -0.4 is 9.47 Å². The van der Waals surface area contributed by atoms with E-state index in [4.69, 9.17) is 37.7 Å². The number of methoxy groups -OCH3 is 2. The first kappa shape index (κ1) is 25.6. The van der Waals surface area contributed by atoms with Crippen molar-refractivity contribution in [3.63, 3.8) is 0 Å². The number of carbonyl (C=O) groups is 1. The van der Waals surface area contributed by atoms with Gasteiger partial charge in [0, 0.05) is 23.8 Å². The van der Waals surface area contributed by atoms with Gasteiger partial charge in [-0.2, -0.15) is 5.26 Å². The number of hydrogen-bond acceptors (Lipinski definition) is 6. The van der Waals surface area contributed by atoms with E-state index in [-0.39, 0.29) is 11.2 Å². The third-order valence-corrected chi connectivity index (χ3v) is 8.19. The van der Waals surface area contributed by atoms with E-state index in [1.165, 1.54) is 11.8 Å². The smallest absolute Gasteiger partial charge is 0.161 e. The minimum atomic E-state index is -0.467. The minimum absolute atomic E-state index is 0.112. The summed E-state index contributed by atoms with van der Waals surface area (Å²) in [4.78, 5) is 18.3. The maximum atomic E-state index is 13.4. The van der Waals surface area contributed by atoms with E-state index in [9.17, 15) is 10.1 Å². The van der Waals surface area contributed by atoms with Crippen molar-refractivity contribution in [3.8, 4) is 17.6 Å². The van der Waals surface area contributed by atoms with Gasteiger partial charge in [0.05, 0.1) is 41.8 Å². The second-order valence-electron chi connectivity index (χ2n) is 9.52. The zero-order chi connectivity index (χ0) is 25.3. The molecule has 2 aliphatic rings. The molecule has 35 heavy (non-hydrogen) atoms. The molecule has 0 saturated heterocycles. The SMILES string of the molecule is COc1ccc([C@H]2C(C#N)=C(SCc3ccc(Cl)c(Cl)c3)N=C3CC(C)(C)CC(=O)C32)cc1OC. The summed E-state index contributed by atoms with van der Waals surface area (Å²) in [6, 6.07) is 13.4. The van der Waals surface area contributed by atoms with Crippen LogP contribution in [-0.2, 0) is 10.5 Å². The van der Waals surface area contributed by atoms with Crippen molar-refractivity contribution in [2.75, 3.05) is 14.2 Å². The Hall–Kier alpha value is -2.46. The van der Waals surface area contributed by atoms with E-state index in [1.54, 1.807) is 20.3 Å². The van der Waals surface area contributed by atoms with Gasteiger partial charge in [0.15, 0.2) is 11.5 Å². The molecule has 0 spiro atoms. The number of carbonyl (C=O) groups excluding carboxylic acids is 1. The van der Waals surface area contributed by atoms with Crippen LogP contribution in [0.5, 0.6) is 11.5 Å². The number of ether oxygens (including phenoxy) is 2. The number of benzene rings is 2. The Labute approximate surface area is 220 Å². The Bertz CT molecular complexity index is 1280. The average Bonchev–Trinajstić information content (AvgIpc) is 2.82. The molecule has 1 unspecified atom stereocenters. The van der Waals surface area contributed by atoms with E-state index in [0.717, 1.165) is 16.8 Å². The molecule has 2 aromatic carbocycles. The molecule has 0 amide bonds. The number of fused-ring (bicyclic) bond motifs is 1. The molecule has 1 fully saturated rings. The lowest BCUT2D eigenvalue weighted by Crippen LogP contribution is -2.42. The number of nitriles is 1. The summed E-state index contributed by atoms with van der Waals surface area (Å²) in [6.07, 6.45) is 1.15. The summed E-state index contributed by atoms with van der Waals surface area (Å²) in [7, 11) is 3.15. The number of aliphatic imine (C=N–C) groups is 1. The fourth-order valence-corrected chi connectivity index (χ4v) is 6.14. The van der Waals surface area contributed by atoms with Crippen LogP contribution in [0, 0.1) is 22.7 Å². The summed E-state index contributed by atoms with van der Waals surface area (Å²) in [5.41, 5.74) is 2.94. The monoisotopic (exact) mass is 528 g/mol. The molecule has 5 nitrogen and oxygen atoms in total. The number of Topliss-reactive ketones (excluding diaryl/α,β-unsaturated/α-hetero) is 1. The molecule has 2 atom stereocenters. The molecule has 1 saturated carbocycles. The summed E-state index contributed by atoms with van der Waals surface area (Å²) in [6.45, 7) is 4.17. The van der Waals surface area contributed by atoms with Crippen molar-refractivity contribution in [1.29, 1.82) is 5.26 Å². The van der Waals surface area contributed by atoms with Crippen LogP contribution in [0.1, 0.15) is 43.7 Å². The second kappa shape index (κ2) is 10.3. The summed E-state index contributed by atoms with van der Waals surface area (Å²) in [5, 5.41) is 11.9. The lowest BCUT2D eigenvalue weighted by Gasteiger charge is -2.40. The van der Waals surface area contributed by atoms with Crippen LogP contribution in [0.15, 0.2) is 52.0 Å². The van der Waals surface area contributed by atoms with Crippen molar-refractivity contribution >= 4 is 46.5 Å². The van der Waals surface area contributed by atoms with Crippen molar-refractivity contribution < 1.29 is 14.3 Å². The van der Waals surface area contributed by atoms with Crippen LogP contribution in [0.2, 0.25) is 10.0 Å². The van der Waals surface area contributed by atoms with Crippen molar-refractivity contribution in [2.24, 2.45) is 16.3 Å². The van der Waals surface area contributed by atoms with Crippen molar-refractivity contribution in [3.05, 3.63) is 68.2 Å². The zero-order valence-electron chi connectivity index (χ0n) is 20.0. The third kappa shape index (κ3) is 5.23. The summed E-state index contributed by atoms with van der Waals surface area (Å²) < 4.78 is 10.9. The van der Waals surface area contributed by atoms with E-state index >= 15 is 0 Å². The summed E-state index contributed by atoms with van der Waals surface area (Å²) >= 11 is 13.7. The summed E-state index contributed by atoms with van der Waals surface area (Å²) in [5.74, 6) is 0.918. The lowest BCUT2D eigenvalue weighted by atomic mass is 9.64. The van der Waals surface area contributed by atoms with Gasteiger partial charge in [0.1, 0.15) is 10.8 Å². The molecule has 1 heterocycles. The van der Waals surface area contributed by atoms with Gasteiger partial charge in [-0.1, -0.05) is 49.2 Å². The van der Waals surface area contributed by atoms with E-state index < -0.39 is 11.8 Å². The highest BCUT2D eigenvalue weighted by Crippen LogP contribution is 2.49. The van der Waals surface area contributed by atoms with Gasteiger partial charge in [-0.05, 0) is 47.2 Å². The van der Waals surface area contributed by atoms with Gasteiger partial charge in [0.2, 0.25) is 0 Å². The van der Waals surface area contributed by atoms with E-state index in [1.807, 2.05) is 30.3 Å². The third-order valence-electron chi connectivity index (χ3n) is 6.38. The molecule has 0 aromatic heterocycles. The molecule has 1 aliphatic carbocycles. The van der Waals surface area contributed by atoms with Gasteiger partial charge in [-0.15, -0.1) is 11.8 Å². The quantitative estimate of drug-likeness (QED) is 0.395. The number of thioether (sulfide) groups is 1. The second-order valence-corrected chi connectivity index (χ2v) is 11.3. The number of halogens is 2. The Balaban J connectivity index is 1.80. The molecule has 1 aliphatic heterocycles. The topological polar surface area (TPSA) is 71.7 Å². The number of rotatable bonds is 6. The van der Waals surface area contributed by atoms with Gasteiger partial charge in [0.25, 0.3) is 0 Å². The fourth-order valence-electron chi connectivity index (χ4n) is 4.82. The van der Waals surface area contributed by atoms with Crippen LogP contribution in [-0.4, -0.2) is 25.7 Å². The maximum absolute atomic E-state index is 13.4. The highest BCUT2D eigenvalue weighted by Gasteiger charge is 2.46. The predicted octanol–water partition coefficient (Wildman–Crippen LogP) is 7.22. The molecule has 0 bridgehead atoms. The molecule has 0 radical (unpaired) electrons. The van der Waals surface area contributed by atoms with Crippen LogP contribution in [0.25, 0.3) is 0 Å². The first-order chi connectivity index (χ1) is 16.7. The molecule has 4 rings (SSSR count). The molecule has 2 aromatic rings. The Morgan fingerprint density at radius 2 is 1.80 bits per heavy atom. The predicted molar refractivity (Wildman–Crippen MR) is 142 cm³/mol. The Kier molecular flexibility index (Phi) is 7.51. The first-order valence-corrected chi connectivity index (χ1v) is 12.9. The molecular formula is C27H26Cl2N2O3S. The highest BCUT2D eigenvalue weighted by molar-refractivity contribution is 8.02. The number of allylic oxidation sites excluding steroid dienone is 1. The van der Waals surface area contributed by atoms with Gasteiger partial charge in [-0.25, -0.2) is 4.99 Å². The zero-order valence-corrected chi connectivity index (χ0v) is 22.4.